The predicted octanol–water partition coefficient (Wildman–Crippen LogP) is 2.60. The molecule has 3 rings (SSSR count). The van der Waals surface area contributed by atoms with Crippen LogP contribution < -0.4 is 9.46 Å². The molecule has 0 radical (unpaired) electrons. The normalized spacial score (nSPS) is 15.2. The second-order valence-electron chi connectivity index (χ2n) is 7.38. The molecule has 174 valence electrons. The number of nitrogens with one attached hydrogen (secondary N) is 1. The number of hydrogen-bond donors (Lipinski definition) is 1. The van der Waals surface area contributed by atoms with Gasteiger partial charge in [-0.1, -0.05) is 18.6 Å². The van der Waals surface area contributed by atoms with Crippen molar-refractivity contribution in [3.8, 4) is 5.75 Å². The number of piperidine rings is 1. The van der Waals surface area contributed by atoms with Crippen LogP contribution >= 0.6 is 0 Å². The van der Waals surface area contributed by atoms with Gasteiger partial charge in [-0.3, -0.25) is 4.72 Å². The average molecular weight is 483 g/mol. The van der Waals surface area contributed by atoms with E-state index in [-0.39, 0.29) is 22.1 Å². The van der Waals surface area contributed by atoms with Crippen molar-refractivity contribution in [2.45, 2.75) is 29.9 Å². The van der Waals surface area contributed by atoms with Crippen LogP contribution in [0.15, 0.2) is 47.4 Å². The lowest BCUT2D eigenvalue weighted by molar-refractivity contribution is 0.0600. The van der Waals surface area contributed by atoms with Crippen molar-refractivity contribution in [2.24, 2.45) is 0 Å². The molecule has 2 aromatic rings. The highest BCUT2D eigenvalue weighted by Gasteiger charge is 2.29. The number of methoxy groups -OCH3 is 2. The smallest absolute Gasteiger partial charge is 0.337 e. The predicted molar refractivity (Wildman–Crippen MR) is 120 cm³/mol. The Labute approximate surface area is 188 Å². The first-order valence-corrected chi connectivity index (χ1v) is 13.1. The molecule has 0 unspecified atom stereocenters. The monoisotopic (exact) mass is 482 g/mol. The zero-order chi connectivity index (χ0) is 23.4. The Morgan fingerprint density at radius 2 is 1.62 bits per heavy atom. The Kier molecular flexibility index (Phi) is 7.42. The van der Waals surface area contributed by atoms with E-state index in [1.165, 1.54) is 61.0 Å². The van der Waals surface area contributed by atoms with E-state index in [0.717, 1.165) is 19.3 Å². The number of rotatable bonds is 8. The number of nitrogens with zero attached hydrogens (tertiary/aromatic N) is 1. The van der Waals surface area contributed by atoms with E-state index >= 15 is 0 Å². The van der Waals surface area contributed by atoms with Crippen molar-refractivity contribution < 1.29 is 31.1 Å². The van der Waals surface area contributed by atoms with Gasteiger partial charge in [0.2, 0.25) is 20.0 Å². The topological polar surface area (TPSA) is 119 Å². The van der Waals surface area contributed by atoms with Crippen molar-refractivity contribution in [1.29, 1.82) is 0 Å². The Bertz CT molecular complexity index is 1170. The van der Waals surface area contributed by atoms with Crippen LogP contribution in [0.5, 0.6) is 5.75 Å². The molecular formula is C21H26N2O7S2. The summed E-state index contributed by atoms with van der Waals surface area (Å²) in [5.41, 5.74) is 0.886. The van der Waals surface area contributed by atoms with Crippen LogP contribution in [0.3, 0.4) is 0 Å². The van der Waals surface area contributed by atoms with Gasteiger partial charge in [-0.15, -0.1) is 0 Å². The first-order chi connectivity index (χ1) is 15.2. The van der Waals surface area contributed by atoms with Crippen molar-refractivity contribution in [1.82, 2.24) is 4.31 Å². The number of sulfonamides is 2. The lowest BCUT2D eigenvalue weighted by atomic mass is 10.1. The molecule has 1 fully saturated rings. The molecule has 1 heterocycles. The highest BCUT2D eigenvalue weighted by atomic mass is 32.2. The molecule has 0 atom stereocenters. The van der Waals surface area contributed by atoms with Crippen LogP contribution in [0.25, 0.3) is 0 Å². The molecule has 9 nitrogen and oxygen atoms in total. The summed E-state index contributed by atoms with van der Waals surface area (Å²) in [7, 11) is -5.05. The fraction of sp³-hybridized carbons (Fsp3) is 0.381. The number of esters is 1. The quantitative estimate of drug-likeness (QED) is 0.575. The summed E-state index contributed by atoms with van der Waals surface area (Å²) < 4.78 is 65.2. The SMILES string of the molecule is COC(=O)c1ccc(CS(=O)(=O)Nc2ccc(OC)c(S(=O)(=O)N3CCCCC3)c2)cc1. The van der Waals surface area contributed by atoms with Gasteiger partial charge in [0.1, 0.15) is 10.6 Å². The minimum absolute atomic E-state index is 0.0791. The van der Waals surface area contributed by atoms with Crippen LogP contribution in [-0.4, -0.2) is 54.4 Å². The molecule has 2 aromatic carbocycles. The summed E-state index contributed by atoms with van der Waals surface area (Å²) >= 11 is 0. The number of carbonyl (C=O) groups excluding carboxylic acids is 1. The molecule has 0 spiro atoms. The van der Waals surface area contributed by atoms with E-state index in [4.69, 9.17) is 4.74 Å². The highest BCUT2D eigenvalue weighted by molar-refractivity contribution is 7.92. The molecule has 1 aliphatic heterocycles. The van der Waals surface area contributed by atoms with Gasteiger partial charge in [0.25, 0.3) is 0 Å². The van der Waals surface area contributed by atoms with Crippen LogP contribution in [0.2, 0.25) is 0 Å². The summed E-state index contributed by atoms with van der Waals surface area (Å²) in [6.45, 7) is 0.839. The van der Waals surface area contributed by atoms with E-state index in [1.54, 1.807) is 0 Å². The molecule has 1 saturated heterocycles. The summed E-state index contributed by atoms with van der Waals surface area (Å²) in [6, 6.07) is 10.2. The zero-order valence-electron chi connectivity index (χ0n) is 17.9. The molecule has 0 bridgehead atoms. The molecule has 32 heavy (non-hydrogen) atoms. The van der Waals surface area contributed by atoms with Crippen molar-refractivity contribution in [3.05, 3.63) is 53.6 Å². The maximum atomic E-state index is 13.1. The second kappa shape index (κ2) is 9.88. The van der Waals surface area contributed by atoms with Gasteiger partial charge >= 0.3 is 5.97 Å². The lowest BCUT2D eigenvalue weighted by Gasteiger charge is -2.26. The van der Waals surface area contributed by atoms with E-state index in [1.807, 2.05) is 0 Å². The molecule has 0 amide bonds. The first kappa shape index (κ1) is 24.0. The van der Waals surface area contributed by atoms with Crippen molar-refractivity contribution >= 4 is 31.7 Å². The van der Waals surface area contributed by atoms with Crippen molar-refractivity contribution in [2.75, 3.05) is 32.0 Å². The van der Waals surface area contributed by atoms with E-state index in [9.17, 15) is 21.6 Å². The zero-order valence-corrected chi connectivity index (χ0v) is 19.5. The van der Waals surface area contributed by atoms with Gasteiger partial charge in [0.05, 0.1) is 31.2 Å². The summed E-state index contributed by atoms with van der Waals surface area (Å²) in [6.07, 6.45) is 2.54. The van der Waals surface area contributed by atoms with E-state index in [0.29, 0.717) is 24.2 Å². The standard InChI is InChI=1S/C21H26N2O7S2/c1-29-19-11-10-18(14-20(19)32(27,28)23-12-4-3-5-13-23)22-31(25,26)15-16-6-8-17(9-7-16)21(24)30-2/h6-11,14,22H,3-5,12-13,15H2,1-2H3. The lowest BCUT2D eigenvalue weighted by Crippen LogP contribution is -2.35. The first-order valence-electron chi connectivity index (χ1n) is 10.0. The Morgan fingerprint density at radius 1 is 0.969 bits per heavy atom. The third-order valence-electron chi connectivity index (χ3n) is 5.10. The summed E-state index contributed by atoms with van der Waals surface area (Å²) in [5, 5.41) is 0. The number of carbonyl (C=O) groups is 1. The molecule has 1 aliphatic rings. The molecular weight excluding hydrogens is 456 g/mol. The molecule has 0 aliphatic carbocycles. The molecule has 0 aromatic heterocycles. The minimum Gasteiger partial charge on any atom is -0.495 e. The fourth-order valence-electron chi connectivity index (χ4n) is 3.48. The Morgan fingerprint density at radius 3 is 2.22 bits per heavy atom. The minimum atomic E-state index is -3.85. The second-order valence-corrected chi connectivity index (χ2v) is 11.0. The van der Waals surface area contributed by atoms with Crippen LogP contribution in [-0.2, 0) is 30.5 Å². The highest BCUT2D eigenvalue weighted by Crippen LogP contribution is 2.31. The fourth-order valence-corrected chi connectivity index (χ4v) is 6.36. The number of ether oxygens (including phenoxy) is 2. The summed E-state index contributed by atoms with van der Waals surface area (Å²) in [5.74, 6) is -0.718. The van der Waals surface area contributed by atoms with Gasteiger partial charge in [-0.2, -0.15) is 4.31 Å². The summed E-state index contributed by atoms with van der Waals surface area (Å²) in [4.78, 5) is 11.4. The van der Waals surface area contributed by atoms with E-state index < -0.39 is 26.0 Å². The molecule has 1 N–H and O–H groups in total. The van der Waals surface area contributed by atoms with Gasteiger partial charge in [0.15, 0.2) is 0 Å². The van der Waals surface area contributed by atoms with Gasteiger partial charge < -0.3 is 9.47 Å². The van der Waals surface area contributed by atoms with Crippen LogP contribution in [0.1, 0.15) is 35.2 Å². The van der Waals surface area contributed by atoms with Gasteiger partial charge in [-0.05, 0) is 48.7 Å². The maximum absolute atomic E-state index is 13.1. The Balaban J connectivity index is 1.82. The van der Waals surface area contributed by atoms with E-state index in [2.05, 4.69) is 9.46 Å². The largest absolute Gasteiger partial charge is 0.495 e. The number of anilines is 1. The molecule has 0 saturated carbocycles. The number of hydrogen-bond acceptors (Lipinski definition) is 7. The third kappa shape index (κ3) is 5.59. The third-order valence-corrected chi connectivity index (χ3v) is 8.28. The van der Waals surface area contributed by atoms with Crippen molar-refractivity contribution in [3.63, 3.8) is 0 Å². The molecule has 11 heteroatoms. The van der Waals surface area contributed by atoms with Gasteiger partial charge in [-0.25, -0.2) is 21.6 Å². The average Bonchev–Trinajstić information content (AvgIpc) is 2.79. The van der Waals surface area contributed by atoms with Crippen LogP contribution in [0.4, 0.5) is 5.69 Å². The Hall–Kier alpha value is -2.63. The number of benzene rings is 2. The van der Waals surface area contributed by atoms with Crippen LogP contribution in [0, 0.1) is 0 Å². The maximum Gasteiger partial charge on any atom is 0.337 e. The van der Waals surface area contributed by atoms with Gasteiger partial charge in [0, 0.05) is 13.1 Å².